The number of halogens is 2. The summed E-state index contributed by atoms with van der Waals surface area (Å²) in [5, 5.41) is 10.2. The Kier molecular flexibility index (Phi) is 17.3. The fourth-order valence-corrected chi connectivity index (χ4v) is 5.88. The molecular weight excluding hydrogens is 647 g/mol. The highest BCUT2D eigenvalue weighted by molar-refractivity contribution is 6.35. The number of unbranched alkanes of at least 4 members (excludes halogenated alkanes) is 10. The predicted molar refractivity (Wildman–Crippen MR) is 197 cm³/mol. The number of aromatic nitrogens is 4. The number of methoxy groups -OCH3 is 2. The van der Waals surface area contributed by atoms with E-state index in [1.165, 1.54) is 102 Å². The van der Waals surface area contributed by atoms with Gasteiger partial charge in [-0.1, -0.05) is 150 Å². The number of hydrogen-bond donors (Lipinski definition) is 2. The topological polar surface area (TPSA) is 110 Å². The Morgan fingerprint density at radius 3 is 1.50 bits per heavy atom. The van der Waals surface area contributed by atoms with Gasteiger partial charge in [-0.25, -0.2) is 9.97 Å². The molecule has 8 nitrogen and oxygen atoms in total. The highest BCUT2D eigenvalue weighted by Gasteiger charge is 2.14. The van der Waals surface area contributed by atoms with Gasteiger partial charge in [-0.15, -0.1) is 0 Å². The third-order valence-electron chi connectivity index (χ3n) is 8.13. The zero-order valence-electron chi connectivity index (χ0n) is 28.8. The smallest absolute Gasteiger partial charge is 0.297 e. The molecule has 4 rings (SSSR count). The van der Waals surface area contributed by atoms with Crippen molar-refractivity contribution < 1.29 is 14.6 Å². The number of ether oxygens (including phenoxy) is 2. The van der Waals surface area contributed by atoms with E-state index in [0.29, 0.717) is 17.4 Å². The average Bonchev–Trinajstić information content (AvgIpc) is 3.08. The molecule has 10 heteroatoms. The van der Waals surface area contributed by atoms with Crippen LogP contribution in [0.15, 0.2) is 53.3 Å². The van der Waals surface area contributed by atoms with Crippen molar-refractivity contribution in [2.45, 2.75) is 104 Å². The minimum atomic E-state index is -0.490. The SMILES string of the molecule is CCCCCCCCc1ccc(-c2nc(Cl)c(OC)c(Cl)n2)cc1.CCCCCCCCc1ccc(-c2nc(O)c(OC)c(=O)[nH]2)cc1. The van der Waals surface area contributed by atoms with E-state index in [1.807, 2.05) is 36.4 Å². The average molecular weight is 698 g/mol. The van der Waals surface area contributed by atoms with Crippen LogP contribution in [0.5, 0.6) is 17.4 Å². The van der Waals surface area contributed by atoms with E-state index < -0.39 is 11.4 Å². The number of nitrogens with zero attached hydrogens (tertiary/aromatic N) is 3. The summed E-state index contributed by atoms with van der Waals surface area (Å²) in [6.07, 6.45) is 17.7. The molecule has 2 aromatic heterocycles. The van der Waals surface area contributed by atoms with E-state index in [-0.39, 0.29) is 16.1 Å². The first-order chi connectivity index (χ1) is 23.3. The van der Waals surface area contributed by atoms with Crippen LogP contribution < -0.4 is 15.0 Å². The summed E-state index contributed by atoms with van der Waals surface area (Å²) in [5.74, 6) is 0.592. The molecule has 260 valence electrons. The van der Waals surface area contributed by atoms with E-state index in [0.717, 1.165) is 24.0 Å². The zero-order chi connectivity index (χ0) is 34.7. The lowest BCUT2D eigenvalue weighted by Crippen LogP contribution is -2.11. The number of aromatic amines is 1. The standard InChI is InChI=1S/C19H24Cl2N2O.C19H26N2O3/c1-3-4-5-6-7-8-9-14-10-12-15(13-11-14)19-22-17(20)16(24-2)18(21)23-19;1-3-4-5-6-7-8-9-14-10-12-15(13-11-14)17-20-18(22)16(24-2)19(23)21-17/h10-13H,3-9H2,1-2H3;10-13H,3-9H2,1-2H3,(H2,20,21,22,23). The number of aryl methyl sites for hydroxylation is 2. The van der Waals surface area contributed by atoms with Crippen molar-refractivity contribution in [3.8, 4) is 40.2 Å². The maximum atomic E-state index is 11.8. The van der Waals surface area contributed by atoms with Gasteiger partial charge < -0.3 is 19.6 Å². The van der Waals surface area contributed by atoms with Gasteiger partial charge in [0.25, 0.3) is 11.4 Å². The van der Waals surface area contributed by atoms with Crippen molar-refractivity contribution in [1.29, 1.82) is 0 Å². The summed E-state index contributed by atoms with van der Waals surface area (Å²) in [6, 6.07) is 16.2. The molecule has 0 aliphatic carbocycles. The Balaban J connectivity index is 0.000000260. The molecule has 0 atom stereocenters. The van der Waals surface area contributed by atoms with Crippen molar-refractivity contribution in [2.24, 2.45) is 0 Å². The van der Waals surface area contributed by atoms with Crippen LogP contribution in [-0.2, 0) is 12.8 Å². The number of rotatable bonds is 18. The molecule has 0 fully saturated rings. The Morgan fingerprint density at radius 2 is 1.06 bits per heavy atom. The molecule has 2 aromatic carbocycles. The van der Waals surface area contributed by atoms with E-state index >= 15 is 0 Å². The van der Waals surface area contributed by atoms with Crippen LogP contribution in [0.3, 0.4) is 0 Å². The summed E-state index contributed by atoms with van der Waals surface area (Å²) >= 11 is 12.2. The fourth-order valence-electron chi connectivity index (χ4n) is 5.34. The van der Waals surface area contributed by atoms with Crippen LogP contribution in [0.2, 0.25) is 10.3 Å². The fraction of sp³-hybridized carbons (Fsp3) is 0.474. The Morgan fingerprint density at radius 1 is 0.625 bits per heavy atom. The molecule has 2 heterocycles. The molecule has 0 spiro atoms. The van der Waals surface area contributed by atoms with Crippen molar-refractivity contribution in [3.05, 3.63) is 80.3 Å². The summed E-state index contributed by atoms with van der Waals surface area (Å²) in [5.41, 5.74) is 3.77. The largest absolute Gasteiger partial charge is 0.491 e. The van der Waals surface area contributed by atoms with Crippen LogP contribution in [0, 0.1) is 0 Å². The Labute approximate surface area is 295 Å². The quantitative estimate of drug-likeness (QED) is 0.0786. The molecule has 48 heavy (non-hydrogen) atoms. The van der Waals surface area contributed by atoms with Gasteiger partial charge >= 0.3 is 0 Å². The van der Waals surface area contributed by atoms with Crippen molar-refractivity contribution >= 4 is 23.2 Å². The van der Waals surface area contributed by atoms with E-state index in [1.54, 1.807) is 0 Å². The maximum Gasteiger partial charge on any atom is 0.297 e. The lowest BCUT2D eigenvalue weighted by atomic mass is 10.0. The molecule has 0 aliphatic heterocycles. The summed E-state index contributed by atoms with van der Waals surface area (Å²) < 4.78 is 9.89. The maximum absolute atomic E-state index is 11.8. The van der Waals surface area contributed by atoms with E-state index in [2.05, 4.69) is 45.9 Å². The molecule has 2 N–H and O–H groups in total. The van der Waals surface area contributed by atoms with Crippen LogP contribution in [0.4, 0.5) is 0 Å². The van der Waals surface area contributed by atoms with Gasteiger partial charge in [0.1, 0.15) is 5.82 Å². The third-order valence-corrected chi connectivity index (χ3v) is 8.64. The first-order valence-corrected chi connectivity index (χ1v) is 17.9. The van der Waals surface area contributed by atoms with Crippen LogP contribution in [-0.4, -0.2) is 39.3 Å². The number of benzene rings is 2. The van der Waals surface area contributed by atoms with Gasteiger partial charge in [-0.05, 0) is 36.8 Å². The first-order valence-electron chi connectivity index (χ1n) is 17.1. The van der Waals surface area contributed by atoms with Crippen molar-refractivity contribution in [2.75, 3.05) is 14.2 Å². The van der Waals surface area contributed by atoms with Gasteiger partial charge in [0.05, 0.1) is 14.2 Å². The molecule has 0 saturated heterocycles. The van der Waals surface area contributed by atoms with Gasteiger partial charge in [0.15, 0.2) is 21.9 Å². The second-order valence-electron chi connectivity index (χ2n) is 11.9. The monoisotopic (exact) mass is 696 g/mol. The highest BCUT2D eigenvalue weighted by Crippen LogP contribution is 2.32. The lowest BCUT2D eigenvalue weighted by Gasteiger charge is -2.08. The minimum Gasteiger partial charge on any atom is -0.491 e. The third kappa shape index (κ3) is 12.4. The second-order valence-corrected chi connectivity index (χ2v) is 12.6. The van der Waals surface area contributed by atoms with Gasteiger partial charge in [-0.2, -0.15) is 4.98 Å². The van der Waals surface area contributed by atoms with Crippen molar-refractivity contribution in [1.82, 2.24) is 19.9 Å². The molecule has 0 aliphatic rings. The van der Waals surface area contributed by atoms with Crippen LogP contribution >= 0.6 is 23.2 Å². The summed E-state index contributed by atoms with van der Waals surface area (Å²) in [6.45, 7) is 4.47. The van der Waals surface area contributed by atoms with Crippen molar-refractivity contribution in [3.63, 3.8) is 0 Å². The molecule has 0 bridgehead atoms. The van der Waals surface area contributed by atoms with Gasteiger partial charge in [0, 0.05) is 11.1 Å². The lowest BCUT2D eigenvalue weighted by molar-refractivity contribution is 0.357. The molecule has 0 unspecified atom stereocenters. The van der Waals surface area contributed by atoms with Crippen LogP contribution in [0.25, 0.3) is 22.8 Å². The molecule has 0 radical (unpaired) electrons. The summed E-state index contributed by atoms with van der Waals surface area (Å²) in [7, 11) is 2.82. The normalized spacial score (nSPS) is 10.8. The number of hydrogen-bond acceptors (Lipinski definition) is 7. The van der Waals surface area contributed by atoms with E-state index in [9.17, 15) is 9.90 Å². The molecule has 4 aromatic rings. The Bertz CT molecular complexity index is 1550. The molecule has 0 saturated carbocycles. The summed E-state index contributed by atoms with van der Waals surface area (Å²) in [4.78, 5) is 26.9. The molecular formula is C38H50Cl2N4O4. The van der Waals surface area contributed by atoms with Crippen LogP contribution in [0.1, 0.15) is 102 Å². The van der Waals surface area contributed by atoms with Gasteiger partial charge in [0.2, 0.25) is 5.75 Å². The molecule has 0 amide bonds. The Hall–Kier alpha value is -3.62. The van der Waals surface area contributed by atoms with Gasteiger partial charge in [-0.3, -0.25) is 4.79 Å². The minimum absolute atomic E-state index is 0.168. The zero-order valence-corrected chi connectivity index (χ0v) is 30.3. The highest BCUT2D eigenvalue weighted by atomic mass is 35.5. The number of aromatic hydroxyl groups is 1. The first kappa shape index (κ1) is 38.8. The number of H-pyrrole nitrogens is 1. The second kappa shape index (κ2) is 21.4. The number of nitrogens with one attached hydrogen (secondary N) is 1. The van der Waals surface area contributed by atoms with E-state index in [4.69, 9.17) is 32.7 Å². The predicted octanol–water partition coefficient (Wildman–Crippen LogP) is 10.4.